The molecule has 2 heterocycles. The van der Waals surface area contributed by atoms with Crippen LogP contribution in [-0.2, 0) is 11.3 Å². The molecule has 1 amide bonds. The summed E-state index contributed by atoms with van der Waals surface area (Å²) >= 11 is 0. The van der Waals surface area contributed by atoms with E-state index < -0.39 is 0 Å². The van der Waals surface area contributed by atoms with Crippen molar-refractivity contribution in [3.8, 4) is 0 Å². The van der Waals surface area contributed by atoms with E-state index in [0.717, 1.165) is 30.9 Å². The van der Waals surface area contributed by atoms with Crippen LogP contribution in [0.25, 0.3) is 0 Å². The van der Waals surface area contributed by atoms with Gasteiger partial charge in [-0.1, -0.05) is 0 Å². The first kappa shape index (κ1) is 15.3. The number of imidazole rings is 1. The zero-order valence-corrected chi connectivity index (χ0v) is 13.2. The van der Waals surface area contributed by atoms with Crippen LogP contribution in [0.5, 0.6) is 0 Å². The first-order valence-electron chi connectivity index (χ1n) is 7.22. The molecule has 0 aliphatic heterocycles. The summed E-state index contributed by atoms with van der Waals surface area (Å²) in [5.74, 6) is 0.0985. The number of amides is 1. The highest BCUT2D eigenvalue weighted by Gasteiger charge is 2.18. The van der Waals surface area contributed by atoms with E-state index in [9.17, 15) is 4.79 Å². The molecule has 6 heteroatoms. The number of aryl methyl sites for hydroxylation is 3. The minimum Gasteiger partial charge on any atom is -0.344 e. The third-order valence-electron chi connectivity index (χ3n) is 3.67. The normalized spacial score (nSPS) is 12.4. The zero-order valence-electron chi connectivity index (χ0n) is 13.2. The average Bonchev–Trinajstić information content (AvgIpc) is 3.07. The topological polar surface area (TPSA) is 56.0 Å². The van der Waals surface area contributed by atoms with E-state index in [1.165, 1.54) is 0 Å². The molecule has 1 atom stereocenters. The number of carbonyl (C=O) groups is 1. The molecular weight excluding hydrogens is 266 g/mol. The van der Waals surface area contributed by atoms with Crippen LogP contribution in [0, 0.1) is 13.8 Å². The van der Waals surface area contributed by atoms with Crippen molar-refractivity contribution >= 4 is 5.91 Å². The minimum atomic E-state index is -0.216. The van der Waals surface area contributed by atoms with Gasteiger partial charge in [0.15, 0.2) is 0 Å². The predicted molar refractivity (Wildman–Crippen MR) is 80.9 cm³/mol. The second kappa shape index (κ2) is 6.56. The largest absolute Gasteiger partial charge is 0.344 e. The van der Waals surface area contributed by atoms with Crippen molar-refractivity contribution in [2.45, 2.75) is 39.8 Å². The predicted octanol–water partition coefficient (Wildman–Crippen LogP) is 1.81. The van der Waals surface area contributed by atoms with Crippen LogP contribution < -0.4 is 0 Å². The van der Waals surface area contributed by atoms with E-state index in [-0.39, 0.29) is 11.9 Å². The SMILES string of the molecule is Cc1cc(C)n(CCCN(C)C(=O)[C@@H](C)n2ccnc2)n1. The molecule has 2 rings (SSSR count). The standard InChI is InChI=1S/C15H23N5O/c1-12-10-13(2)20(17-12)8-5-7-18(4)15(21)14(3)19-9-6-16-11-19/h6,9-11,14H,5,7-8H2,1-4H3/t14-/m1/s1. The maximum atomic E-state index is 12.3. The Labute approximate surface area is 125 Å². The minimum absolute atomic E-state index is 0.0985. The molecule has 114 valence electrons. The summed E-state index contributed by atoms with van der Waals surface area (Å²) in [5.41, 5.74) is 2.19. The van der Waals surface area contributed by atoms with Crippen molar-refractivity contribution in [1.29, 1.82) is 0 Å². The molecule has 0 fully saturated rings. The highest BCUT2D eigenvalue weighted by molar-refractivity contribution is 5.79. The van der Waals surface area contributed by atoms with Gasteiger partial charge in [-0.3, -0.25) is 9.48 Å². The van der Waals surface area contributed by atoms with Crippen molar-refractivity contribution in [3.63, 3.8) is 0 Å². The molecule has 0 N–H and O–H groups in total. The van der Waals surface area contributed by atoms with Gasteiger partial charge in [-0.25, -0.2) is 4.98 Å². The smallest absolute Gasteiger partial charge is 0.245 e. The summed E-state index contributed by atoms with van der Waals surface area (Å²) in [4.78, 5) is 18.1. The Morgan fingerprint density at radius 1 is 1.43 bits per heavy atom. The van der Waals surface area contributed by atoms with Gasteiger partial charge in [0.25, 0.3) is 0 Å². The maximum absolute atomic E-state index is 12.3. The molecule has 0 spiro atoms. The van der Waals surface area contributed by atoms with Crippen LogP contribution in [-0.4, -0.2) is 43.7 Å². The van der Waals surface area contributed by atoms with E-state index >= 15 is 0 Å². The van der Waals surface area contributed by atoms with Gasteiger partial charge < -0.3 is 9.47 Å². The lowest BCUT2D eigenvalue weighted by Crippen LogP contribution is -2.34. The number of carbonyl (C=O) groups excluding carboxylic acids is 1. The van der Waals surface area contributed by atoms with Gasteiger partial charge >= 0.3 is 0 Å². The van der Waals surface area contributed by atoms with Gasteiger partial charge in [-0.05, 0) is 33.3 Å². The molecular formula is C15H23N5O. The lowest BCUT2D eigenvalue weighted by molar-refractivity contribution is -0.133. The molecule has 0 aliphatic carbocycles. The number of nitrogens with zero attached hydrogens (tertiary/aromatic N) is 5. The number of rotatable bonds is 6. The van der Waals surface area contributed by atoms with Gasteiger partial charge in [-0.15, -0.1) is 0 Å². The second-order valence-electron chi connectivity index (χ2n) is 5.45. The molecule has 0 aliphatic rings. The van der Waals surface area contributed by atoms with Crippen molar-refractivity contribution in [2.24, 2.45) is 0 Å². The molecule has 21 heavy (non-hydrogen) atoms. The molecule has 0 radical (unpaired) electrons. The monoisotopic (exact) mass is 289 g/mol. The summed E-state index contributed by atoms with van der Waals surface area (Å²) in [6.45, 7) is 7.48. The van der Waals surface area contributed by atoms with Gasteiger partial charge in [0.2, 0.25) is 5.91 Å². The Balaban J connectivity index is 1.83. The van der Waals surface area contributed by atoms with Crippen LogP contribution in [0.4, 0.5) is 0 Å². The Morgan fingerprint density at radius 2 is 2.19 bits per heavy atom. The molecule has 0 bridgehead atoms. The number of hydrogen-bond donors (Lipinski definition) is 0. The lowest BCUT2D eigenvalue weighted by atomic mass is 10.2. The Morgan fingerprint density at radius 3 is 2.76 bits per heavy atom. The van der Waals surface area contributed by atoms with Crippen LogP contribution in [0.2, 0.25) is 0 Å². The average molecular weight is 289 g/mol. The highest BCUT2D eigenvalue weighted by atomic mass is 16.2. The van der Waals surface area contributed by atoms with Gasteiger partial charge in [-0.2, -0.15) is 5.10 Å². The number of aromatic nitrogens is 4. The van der Waals surface area contributed by atoms with E-state index in [2.05, 4.69) is 23.1 Å². The molecule has 0 aromatic carbocycles. The van der Waals surface area contributed by atoms with Gasteiger partial charge in [0.1, 0.15) is 6.04 Å². The fourth-order valence-electron chi connectivity index (χ4n) is 2.41. The molecule has 2 aromatic heterocycles. The third-order valence-corrected chi connectivity index (χ3v) is 3.67. The number of likely N-dealkylation sites (N-methyl/N-ethyl adjacent to an activating group) is 1. The molecule has 0 saturated carbocycles. The summed E-state index contributed by atoms with van der Waals surface area (Å²) in [5, 5.41) is 4.43. The Hall–Kier alpha value is -2.11. The summed E-state index contributed by atoms with van der Waals surface area (Å²) < 4.78 is 3.81. The molecule has 0 unspecified atom stereocenters. The van der Waals surface area contributed by atoms with Crippen molar-refractivity contribution in [3.05, 3.63) is 36.2 Å². The highest BCUT2D eigenvalue weighted by Crippen LogP contribution is 2.09. The maximum Gasteiger partial charge on any atom is 0.245 e. The van der Waals surface area contributed by atoms with Crippen molar-refractivity contribution < 1.29 is 4.79 Å². The quantitative estimate of drug-likeness (QED) is 0.815. The first-order valence-corrected chi connectivity index (χ1v) is 7.22. The van der Waals surface area contributed by atoms with Crippen LogP contribution in [0.3, 0.4) is 0 Å². The Kier molecular flexibility index (Phi) is 4.77. The van der Waals surface area contributed by atoms with E-state index in [1.54, 1.807) is 17.4 Å². The zero-order chi connectivity index (χ0) is 15.4. The molecule has 2 aromatic rings. The van der Waals surface area contributed by atoms with Crippen molar-refractivity contribution in [2.75, 3.05) is 13.6 Å². The van der Waals surface area contributed by atoms with E-state index in [1.807, 2.05) is 36.3 Å². The second-order valence-corrected chi connectivity index (χ2v) is 5.45. The fourth-order valence-corrected chi connectivity index (χ4v) is 2.41. The van der Waals surface area contributed by atoms with E-state index in [4.69, 9.17) is 0 Å². The summed E-state index contributed by atoms with van der Waals surface area (Å²) in [6, 6.07) is 1.85. The van der Waals surface area contributed by atoms with Crippen LogP contribution in [0.1, 0.15) is 30.8 Å². The molecule has 6 nitrogen and oxygen atoms in total. The van der Waals surface area contributed by atoms with Gasteiger partial charge in [0, 0.05) is 38.2 Å². The van der Waals surface area contributed by atoms with Crippen LogP contribution in [0.15, 0.2) is 24.8 Å². The van der Waals surface area contributed by atoms with E-state index in [0.29, 0.717) is 0 Å². The van der Waals surface area contributed by atoms with Crippen LogP contribution >= 0.6 is 0 Å². The Bertz CT molecular complexity index is 587. The van der Waals surface area contributed by atoms with Gasteiger partial charge in [0.05, 0.1) is 12.0 Å². The lowest BCUT2D eigenvalue weighted by Gasteiger charge is -2.22. The molecule has 0 saturated heterocycles. The summed E-state index contributed by atoms with van der Waals surface area (Å²) in [6.07, 6.45) is 6.06. The first-order chi connectivity index (χ1) is 9.99. The summed E-state index contributed by atoms with van der Waals surface area (Å²) in [7, 11) is 1.84. The van der Waals surface area contributed by atoms with Crippen molar-refractivity contribution in [1.82, 2.24) is 24.2 Å². The fraction of sp³-hybridized carbons (Fsp3) is 0.533. The third kappa shape index (κ3) is 3.71. The number of hydrogen-bond acceptors (Lipinski definition) is 3.